The van der Waals surface area contributed by atoms with E-state index in [0.29, 0.717) is 0 Å². The van der Waals surface area contributed by atoms with Gasteiger partial charge in [-0.2, -0.15) is 0 Å². The fourth-order valence-electron chi connectivity index (χ4n) is 8.68. The van der Waals surface area contributed by atoms with Crippen LogP contribution in [0.1, 0.15) is 66.6 Å². The molecule has 0 saturated heterocycles. The Labute approximate surface area is 301 Å². The lowest BCUT2D eigenvalue weighted by atomic mass is 9.81. The summed E-state index contributed by atoms with van der Waals surface area (Å²) in [6, 6.07) is 55.5. The van der Waals surface area contributed by atoms with Gasteiger partial charge in [0.1, 0.15) is 0 Å². The Hall–Kier alpha value is -5.79. The van der Waals surface area contributed by atoms with E-state index in [4.69, 9.17) is 4.99 Å². The molecule has 0 radical (unpaired) electrons. The Balaban J connectivity index is 1.16. The molecule has 2 aliphatic carbocycles. The molecule has 0 aromatic heterocycles. The SMILES string of the molecule is CC1(C)c2cc3ccccc3cc2-c2c(/C(=C/Cc3cccc(-c4cccc5c4-c4ccccc4C5(C)C)c3)N=Cc3ccccc3)cccc21. The van der Waals surface area contributed by atoms with E-state index in [2.05, 4.69) is 185 Å². The zero-order chi connectivity index (χ0) is 34.7. The molecule has 9 rings (SSSR count). The van der Waals surface area contributed by atoms with Gasteiger partial charge in [0.05, 0.1) is 5.70 Å². The minimum absolute atomic E-state index is 0.0244. The molecule has 0 bridgehead atoms. The molecule has 0 heterocycles. The van der Waals surface area contributed by atoms with Crippen molar-refractivity contribution in [1.82, 2.24) is 0 Å². The molecule has 7 aromatic carbocycles. The molecule has 0 spiro atoms. The highest BCUT2D eigenvalue weighted by molar-refractivity contribution is 5.98. The van der Waals surface area contributed by atoms with Gasteiger partial charge < -0.3 is 0 Å². The van der Waals surface area contributed by atoms with Crippen LogP contribution >= 0.6 is 0 Å². The van der Waals surface area contributed by atoms with E-state index in [1.165, 1.54) is 77.5 Å². The van der Waals surface area contributed by atoms with Crippen molar-refractivity contribution < 1.29 is 0 Å². The highest BCUT2D eigenvalue weighted by Gasteiger charge is 2.38. The second kappa shape index (κ2) is 11.9. The third kappa shape index (κ3) is 5.11. The van der Waals surface area contributed by atoms with Crippen LogP contribution in [0.15, 0.2) is 163 Å². The predicted octanol–water partition coefficient (Wildman–Crippen LogP) is 12.8. The Morgan fingerprint density at radius 1 is 0.510 bits per heavy atom. The summed E-state index contributed by atoms with van der Waals surface area (Å²) in [7, 11) is 0. The Bertz CT molecular complexity index is 2540. The van der Waals surface area contributed by atoms with Crippen LogP contribution in [-0.2, 0) is 17.3 Å². The van der Waals surface area contributed by atoms with Crippen molar-refractivity contribution in [3.63, 3.8) is 0 Å². The van der Waals surface area contributed by atoms with Crippen LogP contribution in [0.5, 0.6) is 0 Å². The van der Waals surface area contributed by atoms with Crippen molar-refractivity contribution in [2.45, 2.75) is 44.9 Å². The summed E-state index contributed by atoms with van der Waals surface area (Å²) < 4.78 is 0. The summed E-state index contributed by atoms with van der Waals surface area (Å²) in [5.41, 5.74) is 17.8. The lowest BCUT2D eigenvalue weighted by Gasteiger charge is -2.22. The van der Waals surface area contributed by atoms with Crippen molar-refractivity contribution in [3.05, 3.63) is 197 Å². The molecule has 0 unspecified atom stereocenters. The van der Waals surface area contributed by atoms with Crippen LogP contribution in [0.2, 0.25) is 0 Å². The third-order valence-electron chi connectivity index (χ3n) is 11.4. The van der Waals surface area contributed by atoms with Crippen LogP contribution in [0.3, 0.4) is 0 Å². The quantitative estimate of drug-likeness (QED) is 0.158. The molecule has 0 aliphatic heterocycles. The molecule has 0 fully saturated rings. The van der Waals surface area contributed by atoms with Crippen molar-refractivity contribution >= 4 is 22.7 Å². The van der Waals surface area contributed by atoms with E-state index in [-0.39, 0.29) is 10.8 Å². The molecule has 7 aromatic rings. The zero-order valence-electron chi connectivity index (χ0n) is 29.7. The molecule has 0 atom stereocenters. The zero-order valence-corrected chi connectivity index (χ0v) is 29.7. The van der Waals surface area contributed by atoms with E-state index in [0.717, 1.165) is 17.7 Å². The van der Waals surface area contributed by atoms with Crippen LogP contribution in [-0.4, -0.2) is 6.21 Å². The van der Waals surface area contributed by atoms with Gasteiger partial charge in [-0.15, -0.1) is 0 Å². The molecule has 2 aliphatic rings. The number of aliphatic imine (C=N–C) groups is 1. The number of allylic oxidation sites excluding steroid dienone is 1. The van der Waals surface area contributed by atoms with Crippen molar-refractivity contribution in [3.8, 4) is 33.4 Å². The van der Waals surface area contributed by atoms with Gasteiger partial charge >= 0.3 is 0 Å². The number of nitrogens with zero attached hydrogens (tertiary/aromatic N) is 1. The minimum atomic E-state index is -0.115. The highest BCUT2D eigenvalue weighted by atomic mass is 14.7. The lowest BCUT2D eigenvalue weighted by Crippen LogP contribution is -2.15. The summed E-state index contributed by atoms with van der Waals surface area (Å²) in [5.74, 6) is 0. The monoisotopic (exact) mass is 655 g/mol. The Kier molecular flexibility index (Phi) is 7.30. The predicted molar refractivity (Wildman–Crippen MR) is 217 cm³/mol. The smallest absolute Gasteiger partial charge is 0.0672 e. The largest absolute Gasteiger partial charge is 0.256 e. The topological polar surface area (TPSA) is 12.4 Å². The first-order chi connectivity index (χ1) is 24.8. The maximum Gasteiger partial charge on any atom is 0.0672 e. The first-order valence-corrected chi connectivity index (χ1v) is 18.1. The average Bonchev–Trinajstić information content (AvgIpc) is 3.54. The standard InChI is InChI=1S/C50H41N/c1-49(2)42-24-11-10-21-39(42)47-38(22-13-25-43(47)49)37-20-12-17-33(29-37)27-28-46(51-32-34-15-6-5-7-16-34)40-23-14-26-44-48(40)41-30-35-18-8-9-19-36(35)31-45(41)50(44,3)4/h5-26,28-32H,27H2,1-4H3/b46-28-,51-32?. The number of fused-ring (bicyclic) bond motifs is 7. The summed E-state index contributed by atoms with van der Waals surface area (Å²) in [4.78, 5) is 5.24. The Morgan fingerprint density at radius 2 is 1.14 bits per heavy atom. The number of rotatable bonds is 6. The van der Waals surface area contributed by atoms with Gasteiger partial charge in [-0.05, 0) is 96.1 Å². The van der Waals surface area contributed by atoms with E-state index in [9.17, 15) is 0 Å². The van der Waals surface area contributed by atoms with Crippen LogP contribution in [0.4, 0.5) is 0 Å². The van der Waals surface area contributed by atoms with Crippen molar-refractivity contribution in [1.29, 1.82) is 0 Å². The normalized spacial score (nSPS) is 15.1. The van der Waals surface area contributed by atoms with E-state index in [1.807, 2.05) is 6.21 Å². The summed E-state index contributed by atoms with van der Waals surface area (Å²) in [5, 5.41) is 2.55. The van der Waals surface area contributed by atoms with Gasteiger partial charge in [0.15, 0.2) is 0 Å². The number of hydrogen-bond donors (Lipinski definition) is 0. The average molecular weight is 656 g/mol. The summed E-state index contributed by atoms with van der Waals surface area (Å²) in [6.07, 6.45) is 5.10. The second-order valence-corrected chi connectivity index (χ2v) is 15.2. The molecule has 0 N–H and O–H groups in total. The molecule has 51 heavy (non-hydrogen) atoms. The molecule has 246 valence electrons. The lowest BCUT2D eigenvalue weighted by molar-refractivity contribution is 0.660. The van der Waals surface area contributed by atoms with Crippen molar-refractivity contribution in [2.24, 2.45) is 4.99 Å². The molecule has 0 amide bonds. The summed E-state index contributed by atoms with van der Waals surface area (Å²) >= 11 is 0. The van der Waals surface area contributed by atoms with Gasteiger partial charge in [-0.25, -0.2) is 0 Å². The van der Waals surface area contributed by atoms with E-state index < -0.39 is 0 Å². The van der Waals surface area contributed by atoms with Gasteiger partial charge in [0.25, 0.3) is 0 Å². The molecule has 0 saturated carbocycles. The maximum absolute atomic E-state index is 5.24. The minimum Gasteiger partial charge on any atom is -0.256 e. The molecular formula is C50H41N. The first-order valence-electron chi connectivity index (χ1n) is 18.1. The number of hydrogen-bond acceptors (Lipinski definition) is 1. The highest BCUT2D eigenvalue weighted by Crippen LogP contribution is 2.53. The van der Waals surface area contributed by atoms with Crippen LogP contribution in [0.25, 0.3) is 49.9 Å². The summed E-state index contributed by atoms with van der Waals surface area (Å²) in [6.45, 7) is 9.42. The second-order valence-electron chi connectivity index (χ2n) is 15.2. The van der Waals surface area contributed by atoms with Gasteiger partial charge in [0.2, 0.25) is 0 Å². The Morgan fingerprint density at radius 3 is 1.96 bits per heavy atom. The van der Waals surface area contributed by atoms with E-state index in [1.54, 1.807) is 0 Å². The van der Waals surface area contributed by atoms with Crippen molar-refractivity contribution in [2.75, 3.05) is 0 Å². The van der Waals surface area contributed by atoms with Gasteiger partial charge in [-0.3, -0.25) is 4.99 Å². The fraction of sp³-hybridized carbons (Fsp3) is 0.140. The maximum atomic E-state index is 5.24. The number of benzene rings is 7. The molecular weight excluding hydrogens is 615 g/mol. The van der Waals surface area contributed by atoms with Crippen LogP contribution in [0, 0.1) is 0 Å². The molecule has 1 nitrogen and oxygen atoms in total. The fourth-order valence-corrected chi connectivity index (χ4v) is 8.68. The third-order valence-corrected chi connectivity index (χ3v) is 11.4. The molecule has 1 heteroatoms. The first kappa shape index (κ1) is 31.2. The van der Waals surface area contributed by atoms with Gasteiger partial charge in [-0.1, -0.05) is 173 Å². The van der Waals surface area contributed by atoms with E-state index >= 15 is 0 Å². The van der Waals surface area contributed by atoms with Gasteiger partial charge in [0, 0.05) is 22.6 Å². The van der Waals surface area contributed by atoms with Crippen LogP contribution < -0.4 is 0 Å².